The maximum Gasteiger partial charge on any atom is 0.309 e. The van der Waals surface area contributed by atoms with Gasteiger partial charge in [0.2, 0.25) is 10.0 Å². The highest BCUT2D eigenvalue weighted by Gasteiger charge is 2.35. The van der Waals surface area contributed by atoms with E-state index in [1.807, 2.05) is 0 Å². The number of rotatable bonds is 7. The van der Waals surface area contributed by atoms with Crippen molar-refractivity contribution < 1.29 is 32.6 Å². The number of nitrogens with zero attached hydrogens (tertiary/aromatic N) is 1. The molecular weight excluding hydrogens is 390 g/mol. The molecule has 0 radical (unpaired) electrons. The standard InChI is InChI=1S/C17H25N3O7S/c1-12-10-13(4-5-14(12)26-2)28(24,25)20-7-3-9-27-15(20)11-19-17(23)16(22)18-6-8-21/h4-5,10,15,21H,3,6-9,11H2,1-2H3,(H,18,22)(H,19,23)/t15-/m1/s1. The van der Waals surface area contributed by atoms with Crippen LogP contribution in [0.25, 0.3) is 0 Å². The molecule has 1 aromatic rings. The van der Waals surface area contributed by atoms with Crippen molar-refractivity contribution in [2.24, 2.45) is 0 Å². The van der Waals surface area contributed by atoms with E-state index in [2.05, 4.69) is 10.6 Å². The van der Waals surface area contributed by atoms with Gasteiger partial charge in [-0.2, -0.15) is 4.31 Å². The fraction of sp³-hybridized carbons (Fsp3) is 0.529. The Morgan fingerprint density at radius 1 is 1.32 bits per heavy atom. The summed E-state index contributed by atoms with van der Waals surface area (Å²) >= 11 is 0. The number of methoxy groups -OCH3 is 1. The molecule has 1 atom stereocenters. The number of aliphatic hydroxyl groups excluding tert-OH is 1. The van der Waals surface area contributed by atoms with Gasteiger partial charge in [0, 0.05) is 13.1 Å². The van der Waals surface area contributed by atoms with Gasteiger partial charge in [-0.1, -0.05) is 0 Å². The smallest absolute Gasteiger partial charge is 0.309 e. The number of aryl methyl sites for hydroxylation is 1. The molecule has 2 rings (SSSR count). The highest BCUT2D eigenvalue weighted by atomic mass is 32.2. The van der Waals surface area contributed by atoms with Crippen molar-refractivity contribution in [1.29, 1.82) is 0 Å². The molecule has 28 heavy (non-hydrogen) atoms. The quantitative estimate of drug-likeness (QED) is 0.485. The third-order valence-electron chi connectivity index (χ3n) is 4.17. The van der Waals surface area contributed by atoms with Gasteiger partial charge in [-0.15, -0.1) is 0 Å². The molecule has 11 heteroatoms. The summed E-state index contributed by atoms with van der Waals surface area (Å²) in [6.45, 7) is 1.78. The zero-order chi connectivity index (χ0) is 20.7. The van der Waals surface area contributed by atoms with Crippen LogP contribution >= 0.6 is 0 Å². The van der Waals surface area contributed by atoms with E-state index in [-0.39, 0.29) is 31.1 Å². The van der Waals surface area contributed by atoms with E-state index in [1.165, 1.54) is 23.5 Å². The zero-order valence-electron chi connectivity index (χ0n) is 15.8. The summed E-state index contributed by atoms with van der Waals surface area (Å²) in [5, 5.41) is 13.2. The van der Waals surface area contributed by atoms with Crippen LogP contribution in [0.2, 0.25) is 0 Å². The van der Waals surface area contributed by atoms with Crippen LogP contribution in [0.4, 0.5) is 0 Å². The van der Waals surface area contributed by atoms with E-state index in [0.29, 0.717) is 24.3 Å². The van der Waals surface area contributed by atoms with Gasteiger partial charge in [-0.3, -0.25) is 9.59 Å². The Balaban J connectivity index is 2.12. The summed E-state index contributed by atoms with van der Waals surface area (Å²) in [5.74, 6) is -1.27. The highest BCUT2D eigenvalue weighted by Crippen LogP contribution is 2.26. The summed E-state index contributed by atoms with van der Waals surface area (Å²) < 4.78 is 38.0. The first-order valence-electron chi connectivity index (χ1n) is 8.76. The van der Waals surface area contributed by atoms with E-state index < -0.39 is 28.1 Å². The molecule has 1 aliphatic heterocycles. The second-order valence-corrected chi connectivity index (χ2v) is 8.01. The molecule has 1 aliphatic rings. The number of carbonyl (C=O) groups excluding carboxylic acids is 2. The number of benzene rings is 1. The van der Waals surface area contributed by atoms with E-state index in [1.54, 1.807) is 13.0 Å². The van der Waals surface area contributed by atoms with Crippen molar-refractivity contribution in [3.63, 3.8) is 0 Å². The van der Waals surface area contributed by atoms with Crippen molar-refractivity contribution in [1.82, 2.24) is 14.9 Å². The molecule has 1 fully saturated rings. The van der Waals surface area contributed by atoms with Crippen molar-refractivity contribution >= 4 is 21.8 Å². The summed E-state index contributed by atoms with van der Waals surface area (Å²) in [6.07, 6.45) is -0.425. The lowest BCUT2D eigenvalue weighted by atomic mass is 10.2. The molecule has 0 unspecified atom stereocenters. The highest BCUT2D eigenvalue weighted by molar-refractivity contribution is 7.89. The summed E-state index contributed by atoms with van der Waals surface area (Å²) in [5.41, 5.74) is 0.673. The van der Waals surface area contributed by atoms with Gasteiger partial charge in [0.05, 0.1) is 31.8 Å². The molecule has 156 valence electrons. The minimum absolute atomic E-state index is 0.0521. The Morgan fingerprint density at radius 2 is 2.04 bits per heavy atom. The van der Waals surface area contributed by atoms with E-state index in [9.17, 15) is 18.0 Å². The Kier molecular flexibility index (Phi) is 7.75. The molecule has 10 nitrogen and oxygen atoms in total. The third-order valence-corrected chi connectivity index (χ3v) is 6.05. The molecule has 1 heterocycles. The average molecular weight is 415 g/mol. The van der Waals surface area contributed by atoms with Gasteiger partial charge in [-0.05, 0) is 37.1 Å². The van der Waals surface area contributed by atoms with Crippen LogP contribution in [0.3, 0.4) is 0 Å². The summed E-state index contributed by atoms with van der Waals surface area (Å²) in [6, 6.07) is 4.55. The van der Waals surface area contributed by atoms with Crippen LogP contribution in [0, 0.1) is 6.92 Å². The summed E-state index contributed by atoms with van der Waals surface area (Å²) in [7, 11) is -2.37. The van der Waals surface area contributed by atoms with E-state index in [4.69, 9.17) is 14.6 Å². The van der Waals surface area contributed by atoms with Gasteiger partial charge >= 0.3 is 11.8 Å². The maximum absolute atomic E-state index is 13.1. The molecule has 1 aromatic carbocycles. The summed E-state index contributed by atoms with van der Waals surface area (Å²) in [4.78, 5) is 23.4. The first kappa shape index (κ1) is 22.1. The van der Waals surface area contributed by atoms with Crippen LogP contribution in [0.1, 0.15) is 12.0 Å². The molecule has 0 spiro atoms. The first-order valence-corrected chi connectivity index (χ1v) is 10.2. The largest absolute Gasteiger partial charge is 0.496 e. The predicted molar refractivity (Wildman–Crippen MR) is 99.1 cm³/mol. The number of hydrogen-bond donors (Lipinski definition) is 3. The topological polar surface area (TPSA) is 134 Å². The van der Waals surface area contributed by atoms with Crippen molar-refractivity contribution in [3.05, 3.63) is 23.8 Å². The van der Waals surface area contributed by atoms with Crippen LogP contribution in [-0.2, 0) is 24.3 Å². The van der Waals surface area contributed by atoms with Crippen LogP contribution < -0.4 is 15.4 Å². The van der Waals surface area contributed by atoms with Gasteiger partial charge in [0.25, 0.3) is 0 Å². The minimum atomic E-state index is -3.87. The third kappa shape index (κ3) is 5.19. The number of aliphatic hydroxyl groups is 1. The second-order valence-electron chi connectivity index (χ2n) is 6.12. The minimum Gasteiger partial charge on any atom is -0.496 e. The molecule has 0 aromatic heterocycles. The predicted octanol–water partition coefficient (Wildman–Crippen LogP) is -1.03. The SMILES string of the molecule is COc1ccc(S(=O)(=O)N2CCCO[C@@H]2CNC(=O)C(=O)NCCO)cc1C. The molecule has 0 saturated carbocycles. The lowest BCUT2D eigenvalue weighted by Gasteiger charge is -2.34. The van der Waals surface area contributed by atoms with E-state index >= 15 is 0 Å². The van der Waals surface area contributed by atoms with E-state index in [0.717, 1.165) is 0 Å². The number of amides is 2. The Morgan fingerprint density at radius 3 is 2.68 bits per heavy atom. The normalized spacial score (nSPS) is 17.8. The van der Waals surface area contributed by atoms with Crippen molar-refractivity contribution in [2.45, 2.75) is 24.5 Å². The zero-order valence-corrected chi connectivity index (χ0v) is 16.6. The lowest BCUT2D eigenvalue weighted by Crippen LogP contribution is -2.53. The van der Waals surface area contributed by atoms with Crippen LogP contribution in [0.5, 0.6) is 5.75 Å². The monoisotopic (exact) mass is 415 g/mol. The Bertz CT molecular complexity index is 813. The number of ether oxygens (including phenoxy) is 2. The lowest BCUT2D eigenvalue weighted by molar-refractivity contribution is -0.140. The molecular formula is C17H25N3O7S. The van der Waals surface area contributed by atoms with Crippen LogP contribution in [0.15, 0.2) is 23.1 Å². The fourth-order valence-electron chi connectivity index (χ4n) is 2.76. The Hall–Kier alpha value is -2.21. The fourth-order valence-corrected chi connectivity index (χ4v) is 4.41. The van der Waals surface area contributed by atoms with Crippen molar-refractivity contribution in [2.75, 3.05) is 40.0 Å². The molecule has 2 amide bonds. The number of nitrogens with one attached hydrogen (secondary N) is 2. The number of carbonyl (C=O) groups is 2. The van der Waals surface area contributed by atoms with Crippen molar-refractivity contribution in [3.8, 4) is 5.75 Å². The van der Waals surface area contributed by atoms with Gasteiger partial charge in [-0.25, -0.2) is 8.42 Å². The molecule has 0 bridgehead atoms. The molecule has 1 saturated heterocycles. The second kappa shape index (κ2) is 9.82. The van der Waals surface area contributed by atoms with Crippen LogP contribution in [-0.4, -0.2) is 75.8 Å². The van der Waals surface area contributed by atoms with Gasteiger partial charge in [0.1, 0.15) is 12.0 Å². The first-order chi connectivity index (χ1) is 13.3. The van der Waals surface area contributed by atoms with Gasteiger partial charge < -0.3 is 25.2 Å². The molecule has 3 N–H and O–H groups in total. The molecule has 0 aliphatic carbocycles. The number of hydrogen-bond acceptors (Lipinski definition) is 7. The maximum atomic E-state index is 13.1. The number of sulfonamides is 1. The van der Waals surface area contributed by atoms with Gasteiger partial charge in [0.15, 0.2) is 0 Å². The average Bonchev–Trinajstić information content (AvgIpc) is 2.70. The Labute approximate surface area is 163 Å².